The number of hydrogen-bond acceptors (Lipinski definition) is 4. The minimum atomic E-state index is -0.617. The maximum Gasteiger partial charge on any atom is 0.431 e. The first kappa shape index (κ1) is 14.3. The van der Waals surface area contributed by atoms with Crippen molar-refractivity contribution < 1.29 is 19.5 Å². The average Bonchev–Trinajstić information content (AvgIpc) is 2.69. The number of hydrogen-bond donors (Lipinski definition) is 2. The SMILES string of the molecule is CC(C)(C)OC(=O)NOC(CO)C1CCCC1. The molecule has 0 spiro atoms. The van der Waals surface area contributed by atoms with Gasteiger partial charge in [-0.2, -0.15) is 5.48 Å². The number of carbonyl (C=O) groups excluding carboxylic acids is 1. The van der Waals surface area contributed by atoms with Crippen molar-refractivity contribution >= 4 is 6.09 Å². The van der Waals surface area contributed by atoms with Gasteiger partial charge >= 0.3 is 6.09 Å². The molecule has 1 amide bonds. The van der Waals surface area contributed by atoms with E-state index in [1.165, 1.54) is 0 Å². The second-order valence-electron chi connectivity index (χ2n) is 5.49. The fourth-order valence-corrected chi connectivity index (χ4v) is 2.03. The van der Waals surface area contributed by atoms with E-state index in [1.54, 1.807) is 20.8 Å². The Hall–Kier alpha value is -0.810. The van der Waals surface area contributed by atoms with E-state index in [0.717, 1.165) is 25.7 Å². The number of aliphatic hydroxyl groups excluding tert-OH is 1. The summed E-state index contributed by atoms with van der Waals surface area (Å²) in [7, 11) is 0. The number of hydroxylamine groups is 1. The van der Waals surface area contributed by atoms with Crippen LogP contribution in [0.4, 0.5) is 4.79 Å². The van der Waals surface area contributed by atoms with E-state index in [2.05, 4.69) is 5.48 Å². The lowest BCUT2D eigenvalue weighted by atomic mass is 10.0. The Morgan fingerprint density at radius 2 is 2.00 bits per heavy atom. The van der Waals surface area contributed by atoms with Gasteiger partial charge in [0.2, 0.25) is 0 Å². The molecule has 1 fully saturated rings. The zero-order valence-corrected chi connectivity index (χ0v) is 10.9. The molecule has 0 radical (unpaired) electrons. The van der Waals surface area contributed by atoms with Gasteiger partial charge in [-0.1, -0.05) is 12.8 Å². The number of amides is 1. The number of ether oxygens (including phenoxy) is 1. The maximum absolute atomic E-state index is 11.4. The lowest BCUT2D eigenvalue weighted by molar-refractivity contribution is -0.0808. The predicted octanol–water partition coefficient (Wildman–Crippen LogP) is 1.99. The van der Waals surface area contributed by atoms with Gasteiger partial charge in [-0.25, -0.2) is 4.79 Å². The summed E-state index contributed by atoms with van der Waals surface area (Å²) in [5.41, 5.74) is 1.70. The van der Waals surface area contributed by atoms with Crippen molar-refractivity contribution in [3.8, 4) is 0 Å². The highest BCUT2D eigenvalue weighted by atomic mass is 16.7. The summed E-state index contributed by atoms with van der Waals surface area (Å²) >= 11 is 0. The fourth-order valence-electron chi connectivity index (χ4n) is 2.03. The summed E-state index contributed by atoms with van der Waals surface area (Å²) in [6.07, 6.45) is 3.47. The molecule has 0 bridgehead atoms. The molecule has 17 heavy (non-hydrogen) atoms. The molecular formula is C12H23NO4. The lowest BCUT2D eigenvalue weighted by Crippen LogP contribution is -2.38. The van der Waals surface area contributed by atoms with Gasteiger partial charge in [0, 0.05) is 0 Å². The number of aliphatic hydroxyl groups is 1. The number of rotatable bonds is 4. The van der Waals surface area contributed by atoms with Crippen LogP contribution in [0.25, 0.3) is 0 Å². The van der Waals surface area contributed by atoms with Gasteiger partial charge in [-0.3, -0.25) is 4.84 Å². The molecule has 1 atom stereocenters. The highest BCUT2D eigenvalue weighted by Gasteiger charge is 2.26. The Balaban J connectivity index is 2.29. The van der Waals surface area contributed by atoms with Crippen LogP contribution in [-0.4, -0.2) is 29.5 Å². The van der Waals surface area contributed by atoms with Crippen LogP contribution in [0.2, 0.25) is 0 Å². The minimum absolute atomic E-state index is 0.0829. The fraction of sp³-hybridized carbons (Fsp3) is 0.917. The summed E-state index contributed by atoms with van der Waals surface area (Å²) < 4.78 is 5.04. The van der Waals surface area contributed by atoms with Gasteiger partial charge in [0.15, 0.2) is 0 Å². The van der Waals surface area contributed by atoms with Gasteiger partial charge in [0.25, 0.3) is 0 Å². The molecule has 100 valence electrons. The van der Waals surface area contributed by atoms with Gasteiger partial charge in [-0.05, 0) is 39.5 Å². The Morgan fingerprint density at radius 3 is 2.47 bits per heavy atom. The van der Waals surface area contributed by atoms with Crippen LogP contribution in [0.1, 0.15) is 46.5 Å². The summed E-state index contributed by atoms with van der Waals surface area (Å²) in [6, 6.07) is 0. The number of carbonyl (C=O) groups is 1. The van der Waals surface area contributed by atoms with Gasteiger partial charge in [0.05, 0.1) is 6.61 Å². The molecule has 5 nitrogen and oxygen atoms in total. The predicted molar refractivity (Wildman–Crippen MR) is 63.3 cm³/mol. The first-order chi connectivity index (χ1) is 7.92. The van der Waals surface area contributed by atoms with Gasteiger partial charge < -0.3 is 9.84 Å². The van der Waals surface area contributed by atoms with E-state index in [0.29, 0.717) is 5.92 Å². The minimum Gasteiger partial charge on any atom is -0.442 e. The molecule has 0 heterocycles. The molecule has 0 aliphatic heterocycles. The highest BCUT2D eigenvalue weighted by molar-refractivity contribution is 5.66. The molecule has 0 aromatic heterocycles. The maximum atomic E-state index is 11.4. The lowest BCUT2D eigenvalue weighted by Gasteiger charge is -2.23. The third kappa shape index (κ3) is 5.37. The van der Waals surface area contributed by atoms with Crippen LogP contribution < -0.4 is 5.48 Å². The van der Waals surface area contributed by atoms with Crippen LogP contribution in [-0.2, 0) is 9.57 Å². The zero-order valence-electron chi connectivity index (χ0n) is 10.9. The third-order valence-electron chi connectivity index (χ3n) is 2.80. The molecule has 1 aliphatic carbocycles. The van der Waals surface area contributed by atoms with Crippen molar-refractivity contribution in [3.63, 3.8) is 0 Å². The molecule has 1 unspecified atom stereocenters. The standard InChI is InChI=1S/C12H23NO4/c1-12(2,3)16-11(15)13-17-10(8-14)9-6-4-5-7-9/h9-10,14H,4-8H2,1-3H3,(H,13,15). The number of nitrogens with one attached hydrogen (secondary N) is 1. The van der Waals surface area contributed by atoms with E-state index < -0.39 is 11.7 Å². The van der Waals surface area contributed by atoms with E-state index >= 15 is 0 Å². The summed E-state index contributed by atoms with van der Waals surface area (Å²) in [5, 5.41) is 9.21. The molecular weight excluding hydrogens is 222 g/mol. The molecule has 0 aromatic rings. The summed E-state index contributed by atoms with van der Waals surface area (Å²) in [5.74, 6) is 0.329. The van der Waals surface area contributed by atoms with Crippen LogP contribution in [0, 0.1) is 5.92 Å². The highest BCUT2D eigenvalue weighted by Crippen LogP contribution is 2.28. The Bertz CT molecular complexity index is 243. The second kappa shape index (κ2) is 6.21. The van der Waals surface area contributed by atoms with Crippen LogP contribution >= 0.6 is 0 Å². The Kier molecular flexibility index (Phi) is 5.21. The van der Waals surface area contributed by atoms with Gasteiger partial charge in [-0.15, -0.1) is 0 Å². The van der Waals surface area contributed by atoms with Crippen molar-refractivity contribution in [2.24, 2.45) is 5.92 Å². The van der Waals surface area contributed by atoms with Gasteiger partial charge in [0.1, 0.15) is 11.7 Å². The topological polar surface area (TPSA) is 67.8 Å². The Morgan fingerprint density at radius 1 is 1.41 bits per heavy atom. The van der Waals surface area contributed by atoms with Crippen LogP contribution in [0.5, 0.6) is 0 Å². The molecule has 5 heteroatoms. The van der Waals surface area contributed by atoms with Crippen molar-refractivity contribution in [1.82, 2.24) is 5.48 Å². The monoisotopic (exact) mass is 245 g/mol. The molecule has 0 saturated heterocycles. The largest absolute Gasteiger partial charge is 0.442 e. The van der Waals surface area contributed by atoms with E-state index in [-0.39, 0.29) is 12.7 Å². The molecule has 1 rings (SSSR count). The van der Waals surface area contributed by atoms with Crippen molar-refractivity contribution in [3.05, 3.63) is 0 Å². The van der Waals surface area contributed by atoms with E-state index in [4.69, 9.17) is 9.57 Å². The second-order valence-corrected chi connectivity index (χ2v) is 5.49. The molecule has 1 saturated carbocycles. The van der Waals surface area contributed by atoms with Crippen LogP contribution in [0.3, 0.4) is 0 Å². The summed E-state index contributed by atoms with van der Waals surface area (Å²) in [6.45, 7) is 5.27. The summed E-state index contributed by atoms with van der Waals surface area (Å²) in [4.78, 5) is 16.6. The van der Waals surface area contributed by atoms with E-state index in [9.17, 15) is 9.90 Å². The third-order valence-corrected chi connectivity index (χ3v) is 2.80. The van der Waals surface area contributed by atoms with E-state index in [1.807, 2.05) is 0 Å². The van der Waals surface area contributed by atoms with Crippen molar-refractivity contribution in [2.45, 2.75) is 58.2 Å². The Labute approximate surface area is 102 Å². The molecule has 0 aromatic carbocycles. The first-order valence-electron chi connectivity index (χ1n) is 6.18. The quantitative estimate of drug-likeness (QED) is 0.743. The molecule has 2 N–H and O–H groups in total. The smallest absolute Gasteiger partial charge is 0.431 e. The van der Waals surface area contributed by atoms with Crippen molar-refractivity contribution in [2.75, 3.05) is 6.61 Å². The molecule has 1 aliphatic rings. The average molecular weight is 245 g/mol. The van der Waals surface area contributed by atoms with Crippen molar-refractivity contribution in [1.29, 1.82) is 0 Å². The first-order valence-corrected chi connectivity index (χ1v) is 6.18. The van der Waals surface area contributed by atoms with Crippen LogP contribution in [0.15, 0.2) is 0 Å². The normalized spacial score (nSPS) is 19.1. The zero-order chi connectivity index (χ0) is 12.9.